The zero-order chi connectivity index (χ0) is 14.5. The van der Waals surface area contributed by atoms with Crippen LogP contribution in [0.4, 0.5) is 0 Å². The number of hydrogen-bond donors (Lipinski definition) is 1. The summed E-state index contributed by atoms with van der Waals surface area (Å²) in [5.41, 5.74) is 9.11. The minimum atomic E-state index is 0.00228. The molecular weight excluding hydrogens is 250 g/mol. The highest BCUT2D eigenvalue weighted by Gasteiger charge is 2.09. The Morgan fingerprint density at radius 1 is 1.15 bits per heavy atom. The fraction of sp³-hybridized carbons (Fsp3) is 0.294. The van der Waals surface area contributed by atoms with Gasteiger partial charge in [-0.3, -0.25) is 0 Å². The van der Waals surface area contributed by atoms with Crippen LogP contribution in [0.15, 0.2) is 42.5 Å². The second-order valence-electron chi connectivity index (χ2n) is 5.02. The van der Waals surface area contributed by atoms with Crippen molar-refractivity contribution in [3.8, 4) is 22.6 Å². The van der Waals surface area contributed by atoms with Crippen molar-refractivity contribution in [3.05, 3.63) is 48.0 Å². The van der Waals surface area contributed by atoms with Crippen LogP contribution in [0.3, 0.4) is 0 Å². The smallest absolute Gasteiger partial charge is 0.127 e. The molecule has 2 rings (SSSR count). The lowest BCUT2D eigenvalue weighted by Gasteiger charge is -2.15. The minimum absolute atomic E-state index is 0.00228. The first-order valence-corrected chi connectivity index (χ1v) is 6.73. The molecule has 0 fully saturated rings. The molecule has 2 aromatic carbocycles. The second-order valence-corrected chi connectivity index (χ2v) is 5.02. The van der Waals surface area contributed by atoms with Crippen molar-refractivity contribution in [2.45, 2.75) is 19.9 Å². The molecule has 0 aromatic heterocycles. The number of ether oxygens (including phenoxy) is 2. The monoisotopic (exact) mass is 271 g/mol. The zero-order valence-electron chi connectivity index (χ0n) is 12.2. The molecular formula is C17H21NO2. The van der Waals surface area contributed by atoms with Crippen LogP contribution >= 0.6 is 0 Å². The number of nitrogens with two attached hydrogens (primary N) is 1. The van der Waals surface area contributed by atoms with Crippen molar-refractivity contribution in [2.75, 3.05) is 13.7 Å². The molecule has 3 nitrogen and oxygen atoms in total. The van der Waals surface area contributed by atoms with Gasteiger partial charge in [0.05, 0.1) is 7.11 Å². The van der Waals surface area contributed by atoms with Gasteiger partial charge in [-0.2, -0.15) is 0 Å². The van der Waals surface area contributed by atoms with Crippen LogP contribution < -0.4 is 15.2 Å². The Morgan fingerprint density at radius 3 is 2.60 bits per heavy atom. The largest absolute Gasteiger partial charge is 0.497 e. The summed E-state index contributed by atoms with van der Waals surface area (Å²) in [6, 6.07) is 14.1. The first-order valence-electron chi connectivity index (χ1n) is 6.73. The fourth-order valence-electron chi connectivity index (χ4n) is 2.02. The van der Waals surface area contributed by atoms with Crippen LogP contribution in [-0.4, -0.2) is 19.8 Å². The average Bonchev–Trinajstić information content (AvgIpc) is 2.45. The highest BCUT2D eigenvalue weighted by Crippen LogP contribution is 2.34. The van der Waals surface area contributed by atoms with Crippen LogP contribution in [0.1, 0.15) is 12.5 Å². The highest BCUT2D eigenvalue weighted by atomic mass is 16.5. The quantitative estimate of drug-likeness (QED) is 0.906. The number of benzene rings is 2. The standard InChI is InChI=1S/C17H21NO2/c1-12-5-4-6-14(9-12)16-10-15(19-3)7-8-17(16)20-11-13(2)18/h4-10,13H,11,18H2,1-3H3. The maximum absolute atomic E-state index is 5.81. The molecule has 3 heteroatoms. The van der Waals surface area contributed by atoms with Gasteiger partial charge >= 0.3 is 0 Å². The number of rotatable bonds is 5. The van der Waals surface area contributed by atoms with Gasteiger partial charge in [0.2, 0.25) is 0 Å². The van der Waals surface area contributed by atoms with Gasteiger partial charge < -0.3 is 15.2 Å². The van der Waals surface area contributed by atoms with Crippen molar-refractivity contribution in [2.24, 2.45) is 5.73 Å². The lowest BCUT2D eigenvalue weighted by atomic mass is 10.0. The maximum atomic E-state index is 5.81. The Labute approximate surface area is 120 Å². The third-order valence-electron chi connectivity index (χ3n) is 3.02. The Balaban J connectivity index is 2.41. The number of methoxy groups -OCH3 is 1. The maximum Gasteiger partial charge on any atom is 0.127 e. The Morgan fingerprint density at radius 2 is 1.95 bits per heavy atom. The molecule has 0 amide bonds. The van der Waals surface area contributed by atoms with Crippen LogP contribution in [-0.2, 0) is 0 Å². The summed E-state index contributed by atoms with van der Waals surface area (Å²) >= 11 is 0. The summed E-state index contributed by atoms with van der Waals surface area (Å²) in [6.45, 7) is 4.49. The molecule has 0 saturated heterocycles. The van der Waals surface area contributed by atoms with E-state index in [1.807, 2.05) is 31.2 Å². The highest BCUT2D eigenvalue weighted by molar-refractivity contribution is 5.72. The Bertz CT molecular complexity index is 579. The van der Waals surface area contributed by atoms with E-state index in [9.17, 15) is 0 Å². The zero-order valence-corrected chi connectivity index (χ0v) is 12.2. The third-order valence-corrected chi connectivity index (χ3v) is 3.02. The molecule has 2 N–H and O–H groups in total. The van der Waals surface area contributed by atoms with E-state index in [0.29, 0.717) is 6.61 Å². The summed E-state index contributed by atoms with van der Waals surface area (Å²) in [5, 5.41) is 0. The van der Waals surface area contributed by atoms with Crippen LogP contribution in [0.25, 0.3) is 11.1 Å². The van der Waals surface area contributed by atoms with E-state index in [4.69, 9.17) is 15.2 Å². The van der Waals surface area contributed by atoms with Gasteiger partial charge in [-0.05, 0) is 37.6 Å². The summed E-state index contributed by atoms with van der Waals surface area (Å²) < 4.78 is 11.1. The molecule has 0 aliphatic carbocycles. The molecule has 2 aromatic rings. The molecule has 0 heterocycles. The number of aryl methyl sites for hydroxylation is 1. The van der Waals surface area contributed by atoms with Gasteiger partial charge in [-0.25, -0.2) is 0 Å². The molecule has 0 spiro atoms. The molecule has 106 valence electrons. The summed E-state index contributed by atoms with van der Waals surface area (Å²) in [7, 11) is 1.66. The summed E-state index contributed by atoms with van der Waals surface area (Å²) in [4.78, 5) is 0. The van der Waals surface area contributed by atoms with E-state index in [0.717, 1.165) is 22.6 Å². The lowest BCUT2D eigenvalue weighted by Crippen LogP contribution is -2.23. The predicted molar refractivity (Wildman–Crippen MR) is 82.3 cm³/mol. The van der Waals surface area contributed by atoms with Gasteiger partial charge in [-0.15, -0.1) is 0 Å². The van der Waals surface area contributed by atoms with Crippen LogP contribution in [0, 0.1) is 6.92 Å². The predicted octanol–water partition coefficient (Wildman–Crippen LogP) is 3.40. The fourth-order valence-corrected chi connectivity index (χ4v) is 2.02. The lowest BCUT2D eigenvalue weighted by molar-refractivity contribution is 0.297. The van der Waals surface area contributed by atoms with Crippen molar-refractivity contribution < 1.29 is 9.47 Å². The molecule has 0 bridgehead atoms. The average molecular weight is 271 g/mol. The SMILES string of the molecule is COc1ccc(OCC(C)N)c(-c2cccc(C)c2)c1. The van der Waals surface area contributed by atoms with Gasteiger partial charge in [0.15, 0.2) is 0 Å². The van der Waals surface area contributed by atoms with Crippen molar-refractivity contribution >= 4 is 0 Å². The minimum Gasteiger partial charge on any atom is -0.497 e. The molecule has 0 saturated carbocycles. The van der Waals surface area contributed by atoms with Crippen LogP contribution in [0.5, 0.6) is 11.5 Å². The molecule has 1 atom stereocenters. The second kappa shape index (κ2) is 6.44. The van der Waals surface area contributed by atoms with Crippen molar-refractivity contribution in [1.29, 1.82) is 0 Å². The van der Waals surface area contributed by atoms with E-state index >= 15 is 0 Å². The topological polar surface area (TPSA) is 44.5 Å². The van der Waals surface area contributed by atoms with E-state index < -0.39 is 0 Å². The van der Waals surface area contributed by atoms with E-state index in [1.165, 1.54) is 5.56 Å². The number of hydrogen-bond acceptors (Lipinski definition) is 3. The first kappa shape index (κ1) is 14.4. The van der Waals surface area contributed by atoms with Gasteiger partial charge in [-0.1, -0.05) is 29.8 Å². The van der Waals surface area contributed by atoms with Gasteiger partial charge in [0, 0.05) is 11.6 Å². The Hall–Kier alpha value is -2.00. The Kier molecular flexibility index (Phi) is 4.64. The van der Waals surface area contributed by atoms with Crippen molar-refractivity contribution in [1.82, 2.24) is 0 Å². The van der Waals surface area contributed by atoms with Crippen molar-refractivity contribution in [3.63, 3.8) is 0 Å². The third kappa shape index (κ3) is 3.52. The summed E-state index contributed by atoms with van der Waals surface area (Å²) in [5.74, 6) is 1.64. The van der Waals surface area contributed by atoms with Crippen LogP contribution in [0.2, 0.25) is 0 Å². The molecule has 0 radical (unpaired) electrons. The summed E-state index contributed by atoms with van der Waals surface area (Å²) in [6.07, 6.45) is 0. The van der Waals surface area contributed by atoms with E-state index in [1.54, 1.807) is 7.11 Å². The van der Waals surface area contributed by atoms with E-state index in [2.05, 4.69) is 25.1 Å². The van der Waals surface area contributed by atoms with Gasteiger partial charge in [0.1, 0.15) is 18.1 Å². The molecule has 0 aliphatic heterocycles. The van der Waals surface area contributed by atoms with Gasteiger partial charge in [0.25, 0.3) is 0 Å². The molecule has 0 aliphatic rings. The molecule has 20 heavy (non-hydrogen) atoms. The van der Waals surface area contributed by atoms with E-state index in [-0.39, 0.29) is 6.04 Å². The normalized spacial score (nSPS) is 12.0. The first-order chi connectivity index (χ1) is 9.60. The molecule has 1 unspecified atom stereocenters.